The number of hydrogen-bond donors (Lipinski definition) is 1. The van der Waals surface area contributed by atoms with Gasteiger partial charge in [-0.25, -0.2) is 9.97 Å². The number of rotatable bonds is 1. The first-order chi connectivity index (χ1) is 7.98. The highest BCUT2D eigenvalue weighted by atomic mass is 14.9. The molecule has 0 fully saturated rings. The highest BCUT2D eigenvalue weighted by molar-refractivity contribution is 5.71. The molecule has 1 heterocycles. The van der Waals surface area contributed by atoms with Crippen molar-refractivity contribution in [3.05, 3.63) is 42.2 Å². The number of anilines is 1. The fourth-order valence-corrected chi connectivity index (χ4v) is 1.61. The molecule has 0 aliphatic carbocycles. The molecule has 0 aliphatic heterocycles. The third-order valence-electron chi connectivity index (χ3n) is 2.63. The molecule has 2 N–H and O–H groups in total. The maximum absolute atomic E-state index is 5.93. The number of nitrogen functional groups attached to an aromatic ring is 1. The Bertz CT molecular complexity index is 527. The van der Waals surface area contributed by atoms with Crippen LogP contribution in [0.3, 0.4) is 0 Å². The summed E-state index contributed by atoms with van der Waals surface area (Å²) in [6.45, 7) is 6.40. The van der Waals surface area contributed by atoms with Crippen molar-refractivity contribution in [2.75, 3.05) is 5.73 Å². The first-order valence-electron chi connectivity index (χ1n) is 5.67. The highest BCUT2D eigenvalue weighted by Gasteiger charge is 2.16. The van der Waals surface area contributed by atoms with Gasteiger partial charge in [-0.3, -0.25) is 0 Å². The minimum Gasteiger partial charge on any atom is -0.398 e. The molecule has 17 heavy (non-hydrogen) atoms. The monoisotopic (exact) mass is 227 g/mol. The average Bonchev–Trinajstić information content (AvgIpc) is 2.29. The van der Waals surface area contributed by atoms with Crippen molar-refractivity contribution in [1.29, 1.82) is 0 Å². The van der Waals surface area contributed by atoms with E-state index in [1.54, 1.807) is 6.20 Å². The average molecular weight is 227 g/mol. The van der Waals surface area contributed by atoms with E-state index in [0.29, 0.717) is 11.5 Å². The van der Waals surface area contributed by atoms with E-state index in [1.165, 1.54) is 0 Å². The summed E-state index contributed by atoms with van der Waals surface area (Å²) in [7, 11) is 0. The standard InChI is InChI=1S/C14H17N3/c1-14(2,3)12-8-9-16-13(17-12)10-6-4-5-7-11(10)15/h4-9H,15H2,1-3H3. The minimum atomic E-state index is 0.0151. The summed E-state index contributed by atoms with van der Waals surface area (Å²) in [5, 5.41) is 0. The number of para-hydroxylation sites is 1. The number of hydrogen-bond acceptors (Lipinski definition) is 3. The first kappa shape index (κ1) is 11.6. The van der Waals surface area contributed by atoms with Gasteiger partial charge >= 0.3 is 0 Å². The molecule has 1 aromatic carbocycles. The van der Waals surface area contributed by atoms with Gasteiger partial charge in [0.1, 0.15) is 0 Å². The zero-order valence-electron chi connectivity index (χ0n) is 10.4. The zero-order valence-corrected chi connectivity index (χ0v) is 10.4. The minimum absolute atomic E-state index is 0.0151. The van der Waals surface area contributed by atoms with Crippen LogP contribution in [-0.2, 0) is 5.41 Å². The SMILES string of the molecule is CC(C)(C)c1ccnc(-c2ccccc2N)n1. The molecule has 3 heteroatoms. The lowest BCUT2D eigenvalue weighted by Gasteiger charge is -2.18. The molecule has 0 unspecified atom stereocenters. The summed E-state index contributed by atoms with van der Waals surface area (Å²) in [6.07, 6.45) is 1.79. The molecule has 0 saturated carbocycles. The van der Waals surface area contributed by atoms with E-state index in [0.717, 1.165) is 11.3 Å². The van der Waals surface area contributed by atoms with E-state index in [9.17, 15) is 0 Å². The molecule has 0 aliphatic rings. The molecule has 1 aromatic heterocycles. The number of nitrogens with two attached hydrogens (primary N) is 1. The molecule has 0 radical (unpaired) electrons. The van der Waals surface area contributed by atoms with Gasteiger partial charge in [0.2, 0.25) is 0 Å². The van der Waals surface area contributed by atoms with Gasteiger partial charge in [-0.1, -0.05) is 32.9 Å². The van der Waals surface area contributed by atoms with Crippen molar-refractivity contribution >= 4 is 5.69 Å². The summed E-state index contributed by atoms with van der Waals surface area (Å²) in [4.78, 5) is 8.88. The number of nitrogens with zero attached hydrogens (tertiary/aromatic N) is 2. The van der Waals surface area contributed by atoms with Gasteiger partial charge in [-0.05, 0) is 18.2 Å². The molecule has 0 spiro atoms. The predicted octanol–water partition coefficient (Wildman–Crippen LogP) is 3.02. The molecule has 2 aromatic rings. The van der Waals surface area contributed by atoms with Crippen LogP contribution in [0.15, 0.2) is 36.5 Å². The van der Waals surface area contributed by atoms with Crippen LogP contribution in [0.1, 0.15) is 26.5 Å². The molecular weight excluding hydrogens is 210 g/mol. The van der Waals surface area contributed by atoms with Gasteiger partial charge in [0, 0.05) is 28.6 Å². The lowest BCUT2D eigenvalue weighted by molar-refractivity contribution is 0.568. The highest BCUT2D eigenvalue weighted by Crippen LogP contribution is 2.25. The van der Waals surface area contributed by atoms with Crippen LogP contribution in [0.4, 0.5) is 5.69 Å². The number of aromatic nitrogens is 2. The summed E-state index contributed by atoms with van der Waals surface area (Å²) in [5.41, 5.74) is 8.56. The molecule has 0 atom stereocenters. The smallest absolute Gasteiger partial charge is 0.161 e. The molecule has 3 nitrogen and oxygen atoms in total. The van der Waals surface area contributed by atoms with Crippen molar-refractivity contribution in [3.63, 3.8) is 0 Å². The van der Waals surface area contributed by atoms with Crippen LogP contribution in [-0.4, -0.2) is 9.97 Å². The van der Waals surface area contributed by atoms with Gasteiger partial charge in [0.15, 0.2) is 5.82 Å². The molecule has 2 rings (SSSR count). The normalized spacial score (nSPS) is 11.5. The molecule has 0 bridgehead atoms. The van der Waals surface area contributed by atoms with E-state index in [2.05, 4.69) is 30.7 Å². The third-order valence-corrected chi connectivity index (χ3v) is 2.63. The number of benzene rings is 1. The predicted molar refractivity (Wildman–Crippen MR) is 70.6 cm³/mol. The van der Waals surface area contributed by atoms with Crippen LogP contribution in [0, 0.1) is 0 Å². The lowest BCUT2D eigenvalue weighted by Crippen LogP contribution is -2.14. The molecule has 0 saturated heterocycles. The van der Waals surface area contributed by atoms with Gasteiger partial charge in [-0.15, -0.1) is 0 Å². The Kier molecular flexibility index (Phi) is 2.84. The third kappa shape index (κ3) is 2.44. The van der Waals surface area contributed by atoms with Crippen molar-refractivity contribution in [2.24, 2.45) is 0 Å². The Morgan fingerprint density at radius 3 is 2.41 bits per heavy atom. The van der Waals surface area contributed by atoms with Crippen molar-refractivity contribution in [1.82, 2.24) is 9.97 Å². The fraction of sp³-hybridized carbons (Fsp3) is 0.286. The second-order valence-electron chi connectivity index (χ2n) is 5.10. The van der Waals surface area contributed by atoms with Crippen molar-refractivity contribution < 1.29 is 0 Å². The Morgan fingerprint density at radius 2 is 1.76 bits per heavy atom. The fourth-order valence-electron chi connectivity index (χ4n) is 1.61. The molecule has 88 valence electrons. The summed E-state index contributed by atoms with van der Waals surface area (Å²) in [6, 6.07) is 9.60. The van der Waals surface area contributed by atoms with Gasteiger partial charge in [-0.2, -0.15) is 0 Å². The van der Waals surface area contributed by atoms with Crippen molar-refractivity contribution in [2.45, 2.75) is 26.2 Å². The molecule has 0 amide bonds. The Morgan fingerprint density at radius 1 is 1.06 bits per heavy atom. The summed E-state index contributed by atoms with van der Waals surface area (Å²) in [5.74, 6) is 0.690. The van der Waals surface area contributed by atoms with Crippen molar-refractivity contribution in [3.8, 4) is 11.4 Å². The first-order valence-corrected chi connectivity index (χ1v) is 5.67. The quantitative estimate of drug-likeness (QED) is 0.762. The zero-order chi connectivity index (χ0) is 12.5. The van der Waals surface area contributed by atoms with E-state index < -0.39 is 0 Å². The van der Waals surface area contributed by atoms with E-state index in [4.69, 9.17) is 5.73 Å². The lowest BCUT2D eigenvalue weighted by atomic mass is 9.92. The summed E-state index contributed by atoms with van der Waals surface area (Å²) < 4.78 is 0. The van der Waals surface area contributed by atoms with Crippen LogP contribution < -0.4 is 5.73 Å². The summed E-state index contributed by atoms with van der Waals surface area (Å²) >= 11 is 0. The second kappa shape index (κ2) is 4.17. The largest absolute Gasteiger partial charge is 0.398 e. The topological polar surface area (TPSA) is 51.8 Å². The van der Waals surface area contributed by atoms with Gasteiger partial charge < -0.3 is 5.73 Å². The maximum Gasteiger partial charge on any atom is 0.161 e. The van der Waals surface area contributed by atoms with Gasteiger partial charge in [0.25, 0.3) is 0 Å². The maximum atomic E-state index is 5.93. The van der Waals surface area contributed by atoms with E-state index >= 15 is 0 Å². The van der Waals surface area contributed by atoms with Crippen LogP contribution >= 0.6 is 0 Å². The van der Waals surface area contributed by atoms with Crippen LogP contribution in [0.5, 0.6) is 0 Å². The molecular formula is C14H17N3. The van der Waals surface area contributed by atoms with E-state index in [-0.39, 0.29) is 5.41 Å². The Labute approximate surface area is 102 Å². The van der Waals surface area contributed by atoms with Crippen LogP contribution in [0.25, 0.3) is 11.4 Å². The van der Waals surface area contributed by atoms with Crippen LogP contribution in [0.2, 0.25) is 0 Å². The Hall–Kier alpha value is -1.90. The van der Waals surface area contributed by atoms with E-state index in [1.807, 2.05) is 30.3 Å². The van der Waals surface area contributed by atoms with Gasteiger partial charge in [0.05, 0.1) is 0 Å². The second-order valence-corrected chi connectivity index (χ2v) is 5.10. The Balaban J connectivity index is 2.51.